The average Bonchev–Trinajstić information content (AvgIpc) is 2.34. The van der Waals surface area contributed by atoms with E-state index in [-0.39, 0.29) is 0 Å². The van der Waals surface area contributed by atoms with Gasteiger partial charge < -0.3 is 10.1 Å². The van der Waals surface area contributed by atoms with Crippen molar-refractivity contribution in [2.45, 2.75) is 19.3 Å². The van der Waals surface area contributed by atoms with Crippen LogP contribution in [0.1, 0.15) is 29.6 Å². The molecule has 0 aliphatic rings. The Bertz CT molecular complexity index is 313. The highest BCUT2D eigenvalue weighted by molar-refractivity contribution is 5.79. The lowest BCUT2D eigenvalue weighted by molar-refractivity contribution is 0.111. The van der Waals surface area contributed by atoms with E-state index in [1.54, 1.807) is 6.07 Å². The van der Waals surface area contributed by atoms with Crippen LogP contribution in [0.4, 0.5) is 0 Å². The van der Waals surface area contributed by atoms with Crippen molar-refractivity contribution >= 4 is 6.29 Å². The van der Waals surface area contributed by atoms with Crippen molar-refractivity contribution in [1.82, 2.24) is 5.32 Å². The van der Waals surface area contributed by atoms with E-state index in [2.05, 4.69) is 5.32 Å². The van der Waals surface area contributed by atoms with Crippen LogP contribution in [0.15, 0.2) is 24.3 Å². The second-order valence-corrected chi connectivity index (χ2v) is 3.67. The van der Waals surface area contributed by atoms with Crippen LogP contribution in [0.3, 0.4) is 0 Å². The smallest absolute Gasteiger partial charge is 0.153 e. The van der Waals surface area contributed by atoms with Crippen molar-refractivity contribution in [3.05, 3.63) is 29.8 Å². The largest absolute Gasteiger partial charge is 0.493 e. The first-order valence-corrected chi connectivity index (χ1v) is 5.70. The van der Waals surface area contributed by atoms with Gasteiger partial charge in [-0.2, -0.15) is 0 Å². The predicted molar refractivity (Wildman–Crippen MR) is 65.1 cm³/mol. The number of aldehydes is 1. The van der Waals surface area contributed by atoms with Crippen LogP contribution < -0.4 is 10.1 Å². The van der Waals surface area contributed by atoms with Gasteiger partial charge in [0.15, 0.2) is 6.29 Å². The molecule has 0 saturated heterocycles. The number of hydrogen-bond acceptors (Lipinski definition) is 3. The Morgan fingerprint density at radius 3 is 2.81 bits per heavy atom. The molecule has 0 unspecified atom stereocenters. The van der Waals surface area contributed by atoms with Gasteiger partial charge in [0, 0.05) is 0 Å². The van der Waals surface area contributed by atoms with E-state index in [9.17, 15) is 4.79 Å². The number of rotatable bonds is 8. The monoisotopic (exact) mass is 221 g/mol. The highest BCUT2D eigenvalue weighted by Crippen LogP contribution is 2.15. The molecule has 1 aromatic rings. The van der Waals surface area contributed by atoms with Crippen molar-refractivity contribution in [1.29, 1.82) is 0 Å². The molecular formula is C13H19NO2. The van der Waals surface area contributed by atoms with E-state index < -0.39 is 0 Å². The summed E-state index contributed by atoms with van der Waals surface area (Å²) in [7, 11) is 1.96. The van der Waals surface area contributed by atoms with Crippen LogP contribution in [0.5, 0.6) is 5.75 Å². The highest BCUT2D eigenvalue weighted by atomic mass is 16.5. The molecule has 0 atom stereocenters. The molecule has 0 spiro atoms. The summed E-state index contributed by atoms with van der Waals surface area (Å²) in [6.07, 6.45) is 4.16. The number of hydrogen-bond donors (Lipinski definition) is 1. The summed E-state index contributed by atoms with van der Waals surface area (Å²) in [5.74, 6) is 0.686. The fraction of sp³-hybridized carbons (Fsp3) is 0.462. The van der Waals surface area contributed by atoms with Crippen LogP contribution >= 0.6 is 0 Å². The number of unbranched alkanes of at least 4 members (excludes halogenated alkanes) is 2. The zero-order valence-corrected chi connectivity index (χ0v) is 9.74. The van der Waals surface area contributed by atoms with Gasteiger partial charge >= 0.3 is 0 Å². The number of carbonyl (C=O) groups excluding carboxylic acids is 1. The minimum Gasteiger partial charge on any atom is -0.493 e. The SMILES string of the molecule is CNCCCCCOc1ccccc1C=O. The van der Waals surface area contributed by atoms with Crippen molar-refractivity contribution in [2.24, 2.45) is 0 Å². The summed E-state index contributed by atoms with van der Waals surface area (Å²) in [6, 6.07) is 7.31. The Kier molecular flexibility index (Phi) is 6.26. The first-order chi connectivity index (χ1) is 7.88. The fourth-order valence-corrected chi connectivity index (χ4v) is 1.47. The van der Waals surface area contributed by atoms with Crippen LogP contribution in [0, 0.1) is 0 Å². The zero-order chi connectivity index (χ0) is 11.6. The third kappa shape index (κ3) is 4.45. The minimum absolute atomic E-state index is 0.623. The third-order valence-corrected chi connectivity index (χ3v) is 2.37. The first-order valence-electron chi connectivity index (χ1n) is 5.70. The van der Waals surface area contributed by atoms with Gasteiger partial charge in [0.2, 0.25) is 0 Å². The Labute approximate surface area is 96.8 Å². The van der Waals surface area contributed by atoms with Crippen LogP contribution in [0.2, 0.25) is 0 Å². The van der Waals surface area contributed by atoms with Gasteiger partial charge in [0.05, 0.1) is 12.2 Å². The number of para-hydroxylation sites is 1. The second-order valence-electron chi connectivity index (χ2n) is 3.67. The lowest BCUT2D eigenvalue weighted by atomic mass is 10.2. The van der Waals surface area contributed by atoms with E-state index >= 15 is 0 Å². The number of nitrogens with one attached hydrogen (secondary N) is 1. The maximum atomic E-state index is 10.7. The van der Waals surface area contributed by atoms with Crippen molar-refractivity contribution < 1.29 is 9.53 Å². The Balaban J connectivity index is 2.23. The molecule has 0 fully saturated rings. The normalized spacial score (nSPS) is 10.1. The van der Waals surface area contributed by atoms with Gasteiger partial charge in [-0.25, -0.2) is 0 Å². The molecule has 0 aromatic heterocycles. The standard InChI is InChI=1S/C13H19NO2/c1-14-9-5-2-6-10-16-13-8-4-3-7-12(13)11-15/h3-4,7-8,11,14H,2,5-6,9-10H2,1H3. The maximum Gasteiger partial charge on any atom is 0.153 e. The molecule has 0 aliphatic carbocycles. The molecule has 1 N–H and O–H groups in total. The van der Waals surface area contributed by atoms with Crippen molar-refractivity contribution in [2.75, 3.05) is 20.2 Å². The van der Waals surface area contributed by atoms with E-state index in [1.165, 1.54) is 0 Å². The third-order valence-electron chi connectivity index (χ3n) is 2.37. The number of ether oxygens (including phenoxy) is 1. The summed E-state index contributed by atoms with van der Waals surface area (Å²) in [5.41, 5.74) is 0.623. The molecule has 16 heavy (non-hydrogen) atoms. The van der Waals surface area contributed by atoms with Gasteiger partial charge in [-0.3, -0.25) is 4.79 Å². The Morgan fingerprint density at radius 2 is 2.06 bits per heavy atom. The molecule has 0 saturated carbocycles. The molecule has 3 heteroatoms. The van der Waals surface area contributed by atoms with Gasteiger partial charge in [-0.15, -0.1) is 0 Å². The van der Waals surface area contributed by atoms with Gasteiger partial charge in [-0.1, -0.05) is 12.1 Å². The number of benzene rings is 1. The quantitative estimate of drug-likeness (QED) is 0.540. The van der Waals surface area contributed by atoms with Crippen LogP contribution in [0.25, 0.3) is 0 Å². The van der Waals surface area contributed by atoms with Gasteiger partial charge in [0.1, 0.15) is 5.75 Å². The Morgan fingerprint density at radius 1 is 1.25 bits per heavy atom. The van der Waals surface area contributed by atoms with E-state index in [0.29, 0.717) is 17.9 Å². The van der Waals surface area contributed by atoms with Crippen LogP contribution in [-0.4, -0.2) is 26.5 Å². The number of carbonyl (C=O) groups is 1. The molecule has 1 rings (SSSR count). The molecule has 88 valence electrons. The molecule has 0 amide bonds. The Hall–Kier alpha value is -1.35. The minimum atomic E-state index is 0.623. The average molecular weight is 221 g/mol. The highest BCUT2D eigenvalue weighted by Gasteiger charge is 2.00. The molecular weight excluding hydrogens is 202 g/mol. The van der Waals surface area contributed by atoms with Crippen LogP contribution in [-0.2, 0) is 0 Å². The van der Waals surface area contributed by atoms with E-state index in [4.69, 9.17) is 4.74 Å². The molecule has 0 radical (unpaired) electrons. The molecule has 0 bridgehead atoms. The molecule has 3 nitrogen and oxygen atoms in total. The van der Waals surface area contributed by atoms with Gasteiger partial charge in [-0.05, 0) is 45.0 Å². The summed E-state index contributed by atoms with van der Waals surface area (Å²) in [4.78, 5) is 10.7. The van der Waals surface area contributed by atoms with Crippen molar-refractivity contribution in [3.63, 3.8) is 0 Å². The molecule has 0 heterocycles. The maximum absolute atomic E-state index is 10.7. The van der Waals surface area contributed by atoms with E-state index in [0.717, 1.165) is 32.1 Å². The molecule has 0 aliphatic heterocycles. The van der Waals surface area contributed by atoms with E-state index in [1.807, 2.05) is 25.2 Å². The molecule has 1 aromatic carbocycles. The topological polar surface area (TPSA) is 38.3 Å². The first kappa shape index (κ1) is 12.7. The zero-order valence-electron chi connectivity index (χ0n) is 9.74. The summed E-state index contributed by atoms with van der Waals surface area (Å²) >= 11 is 0. The lowest BCUT2D eigenvalue weighted by Gasteiger charge is -2.07. The second kappa shape index (κ2) is 7.88. The predicted octanol–water partition coefficient (Wildman–Crippen LogP) is 2.27. The summed E-state index contributed by atoms with van der Waals surface area (Å²) < 4.78 is 5.56. The lowest BCUT2D eigenvalue weighted by Crippen LogP contribution is -2.08. The van der Waals surface area contributed by atoms with Crippen molar-refractivity contribution in [3.8, 4) is 5.75 Å². The summed E-state index contributed by atoms with van der Waals surface area (Å²) in [5, 5.41) is 3.11. The fourth-order valence-electron chi connectivity index (χ4n) is 1.47. The summed E-state index contributed by atoms with van der Waals surface area (Å²) in [6.45, 7) is 1.72. The van der Waals surface area contributed by atoms with Gasteiger partial charge in [0.25, 0.3) is 0 Å².